The minimum Gasteiger partial charge on any atom is -0.495 e. The van der Waals surface area contributed by atoms with E-state index >= 15 is 0 Å². The van der Waals surface area contributed by atoms with Crippen LogP contribution in [0.4, 0.5) is 5.69 Å². The summed E-state index contributed by atoms with van der Waals surface area (Å²) in [5.74, 6) is -0.599. The van der Waals surface area contributed by atoms with Gasteiger partial charge in [0.2, 0.25) is 5.91 Å². The summed E-state index contributed by atoms with van der Waals surface area (Å²) in [7, 11) is 2.91. The molecule has 0 heterocycles. The quantitative estimate of drug-likeness (QED) is 0.635. The second-order valence-corrected chi connectivity index (χ2v) is 5.20. The third-order valence-electron chi connectivity index (χ3n) is 3.13. The Hall–Kier alpha value is -1.99. The Balaban J connectivity index is 2.75. The zero-order chi connectivity index (χ0) is 17.4. The second kappa shape index (κ2) is 9.22. The van der Waals surface area contributed by atoms with Crippen LogP contribution in [0.2, 0.25) is 5.02 Å². The number of nitrogens with one attached hydrogen (secondary N) is 2. The lowest BCUT2D eigenvalue weighted by atomic mass is 10.1. The molecule has 23 heavy (non-hydrogen) atoms. The SMILES string of the molecule is CCCC(NCC(=O)Nc1cc(OC)c(Cl)cc1OC)C(=O)O. The fourth-order valence-corrected chi connectivity index (χ4v) is 2.20. The number of hydrogen-bond acceptors (Lipinski definition) is 5. The standard InChI is InChI=1S/C15H21ClN2O5/c1-4-5-10(15(20)21)17-8-14(19)18-11-7-12(22-2)9(16)6-13(11)23-3/h6-7,10,17H,4-5,8H2,1-3H3,(H,18,19)(H,20,21). The summed E-state index contributed by atoms with van der Waals surface area (Å²) in [5, 5.41) is 14.7. The third kappa shape index (κ3) is 5.61. The molecule has 1 atom stereocenters. The van der Waals surface area contributed by atoms with Crippen molar-refractivity contribution in [3.8, 4) is 11.5 Å². The number of halogens is 1. The highest BCUT2D eigenvalue weighted by Gasteiger charge is 2.18. The molecule has 0 spiro atoms. The number of rotatable bonds is 9. The Bertz CT molecular complexity index is 565. The van der Waals surface area contributed by atoms with Gasteiger partial charge in [-0.15, -0.1) is 0 Å². The van der Waals surface area contributed by atoms with Crippen LogP contribution in [-0.2, 0) is 9.59 Å². The van der Waals surface area contributed by atoms with E-state index in [1.807, 2.05) is 6.92 Å². The predicted molar refractivity (Wildman–Crippen MR) is 87.5 cm³/mol. The van der Waals surface area contributed by atoms with Crippen LogP contribution in [0.1, 0.15) is 19.8 Å². The van der Waals surface area contributed by atoms with Crippen LogP contribution >= 0.6 is 11.6 Å². The number of hydrogen-bond donors (Lipinski definition) is 3. The maximum Gasteiger partial charge on any atom is 0.320 e. The number of benzene rings is 1. The lowest BCUT2D eigenvalue weighted by Crippen LogP contribution is -2.41. The van der Waals surface area contributed by atoms with E-state index in [9.17, 15) is 9.59 Å². The molecule has 0 aliphatic rings. The van der Waals surface area contributed by atoms with E-state index < -0.39 is 17.9 Å². The van der Waals surface area contributed by atoms with Gasteiger partial charge < -0.3 is 19.9 Å². The highest BCUT2D eigenvalue weighted by atomic mass is 35.5. The van der Waals surface area contributed by atoms with Crippen LogP contribution in [0.3, 0.4) is 0 Å². The van der Waals surface area contributed by atoms with E-state index in [2.05, 4.69) is 10.6 Å². The fourth-order valence-electron chi connectivity index (χ4n) is 1.97. The van der Waals surface area contributed by atoms with Crippen molar-refractivity contribution in [2.24, 2.45) is 0 Å². The molecule has 7 nitrogen and oxygen atoms in total. The maximum atomic E-state index is 12.0. The highest BCUT2D eigenvalue weighted by Crippen LogP contribution is 2.35. The smallest absolute Gasteiger partial charge is 0.320 e. The predicted octanol–water partition coefficient (Wildman–Crippen LogP) is 2.14. The third-order valence-corrected chi connectivity index (χ3v) is 3.43. The Morgan fingerprint density at radius 3 is 2.43 bits per heavy atom. The second-order valence-electron chi connectivity index (χ2n) is 4.80. The van der Waals surface area contributed by atoms with Gasteiger partial charge in [-0.05, 0) is 6.42 Å². The maximum absolute atomic E-state index is 12.0. The molecule has 8 heteroatoms. The first-order valence-corrected chi connectivity index (χ1v) is 7.48. The first-order valence-electron chi connectivity index (χ1n) is 7.10. The van der Waals surface area contributed by atoms with E-state index in [0.717, 1.165) is 0 Å². The Morgan fingerprint density at radius 1 is 1.26 bits per heavy atom. The highest BCUT2D eigenvalue weighted by molar-refractivity contribution is 6.32. The van der Waals surface area contributed by atoms with E-state index in [1.54, 1.807) is 6.07 Å². The number of anilines is 1. The normalized spacial score (nSPS) is 11.7. The zero-order valence-electron chi connectivity index (χ0n) is 13.3. The molecule has 1 unspecified atom stereocenters. The summed E-state index contributed by atoms with van der Waals surface area (Å²) in [6.07, 6.45) is 1.15. The Morgan fingerprint density at radius 2 is 1.91 bits per heavy atom. The van der Waals surface area contributed by atoms with Crippen molar-refractivity contribution in [3.63, 3.8) is 0 Å². The largest absolute Gasteiger partial charge is 0.495 e. The number of amides is 1. The van der Waals surface area contributed by atoms with Crippen LogP contribution < -0.4 is 20.1 Å². The summed E-state index contributed by atoms with van der Waals surface area (Å²) < 4.78 is 10.3. The first-order chi connectivity index (χ1) is 10.9. The summed E-state index contributed by atoms with van der Waals surface area (Å²) in [4.78, 5) is 23.0. The molecule has 3 N–H and O–H groups in total. The van der Waals surface area contributed by atoms with Crippen molar-refractivity contribution >= 4 is 29.2 Å². The van der Waals surface area contributed by atoms with Crippen molar-refractivity contribution in [2.45, 2.75) is 25.8 Å². The van der Waals surface area contributed by atoms with Crippen LogP contribution in [0.25, 0.3) is 0 Å². The van der Waals surface area contributed by atoms with Crippen molar-refractivity contribution in [1.82, 2.24) is 5.32 Å². The molecule has 0 fully saturated rings. The Kier molecular flexibility index (Phi) is 7.64. The van der Waals surface area contributed by atoms with Crippen molar-refractivity contribution in [3.05, 3.63) is 17.2 Å². The monoisotopic (exact) mass is 344 g/mol. The van der Waals surface area contributed by atoms with E-state index in [1.165, 1.54) is 20.3 Å². The minimum absolute atomic E-state index is 0.134. The topological polar surface area (TPSA) is 96.9 Å². The molecule has 0 aromatic heterocycles. The average Bonchev–Trinajstić information content (AvgIpc) is 2.52. The van der Waals surface area contributed by atoms with Crippen molar-refractivity contribution in [2.75, 3.05) is 26.1 Å². The molecule has 0 bridgehead atoms. The molecule has 1 amide bonds. The van der Waals surface area contributed by atoms with E-state index in [-0.39, 0.29) is 6.54 Å². The lowest BCUT2D eigenvalue weighted by Gasteiger charge is -2.15. The van der Waals surface area contributed by atoms with Crippen molar-refractivity contribution in [1.29, 1.82) is 0 Å². The number of carboxylic acid groups (broad SMARTS) is 1. The van der Waals surface area contributed by atoms with E-state index in [0.29, 0.717) is 35.1 Å². The summed E-state index contributed by atoms with van der Waals surface area (Å²) in [5.41, 5.74) is 0.392. The van der Waals surface area contributed by atoms with Gasteiger partial charge in [0.05, 0.1) is 31.5 Å². The fraction of sp³-hybridized carbons (Fsp3) is 0.467. The van der Waals surface area contributed by atoms with Crippen LogP contribution in [0, 0.1) is 0 Å². The number of aliphatic carboxylic acids is 1. The molecule has 1 rings (SSSR count). The molecule has 0 saturated heterocycles. The van der Waals surface area contributed by atoms with Gasteiger partial charge in [0, 0.05) is 12.1 Å². The number of carbonyl (C=O) groups excluding carboxylic acids is 1. The zero-order valence-corrected chi connectivity index (χ0v) is 14.1. The van der Waals surface area contributed by atoms with Crippen LogP contribution in [0.5, 0.6) is 11.5 Å². The van der Waals surface area contributed by atoms with Gasteiger partial charge >= 0.3 is 5.97 Å². The minimum atomic E-state index is -0.981. The first kappa shape index (κ1) is 19.1. The Labute approximate surface area is 139 Å². The van der Waals surface area contributed by atoms with Gasteiger partial charge in [-0.25, -0.2) is 0 Å². The molecule has 1 aromatic rings. The van der Waals surface area contributed by atoms with Gasteiger partial charge in [-0.3, -0.25) is 14.9 Å². The summed E-state index contributed by atoms with van der Waals surface area (Å²) in [6, 6.07) is 2.31. The number of carbonyl (C=O) groups is 2. The number of methoxy groups -OCH3 is 2. The number of ether oxygens (including phenoxy) is 2. The number of carboxylic acids is 1. The average molecular weight is 345 g/mol. The summed E-state index contributed by atoms with van der Waals surface area (Å²) in [6.45, 7) is 1.74. The summed E-state index contributed by atoms with van der Waals surface area (Å²) >= 11 is 5.99. The van der Waals surface area contributed by atoms with Gasteiger partial charge in [0.25, 0.3) is 0 Å². The van der Waals surface area contributed by atoms with Gasteiger partial charge in [0.15, 0.2) is 0 Å². The van der Waals surface area contributed by atoms with Crippen LogP contribution in [0.15, 0.2) is 12.1 Å². The van der Waals surface area contributed by atoms with Gasteiger partial charge in [-0.2, -0.15) is 0 Å². The van der Waals surface area contributed by atoms with Gasteiger partial charge in [0.1, 0.15) is 17.5 Å². The molecule has 1 aromatic carbocycles. The molecular weight excluding hydrogens is 324 g/mol. The van der Waals surface area contributed by atoms with Crippen LogP contribution in [-0.4, -0.2) is 43.8 Å². The van der Waals surface area contributed by atoms with Gasteiger partial charge in [-0.1, -0.05) is 24.9 Å². The molecular formula is C15H21ClN2O5. The molecule has 0 radical (unpaired) electrons. The van der Waals surface area contributed by atoms with E-state index in [4.69, 9.17) is 26.2 Å². The molecule has 0 saturated carbocycles. The molecule has 128 valence electrons. The molecule has 0 aliphatic heterocycles. The lowest BCUT2D eigenvalue weighted by molar-refractivity contribution is -0.139. The van der Waals surface area contributed by atoms with Crippen molar-refractivity contribution < 1.29 is 24.2 Å². The molecule has 0 aliphatic carbocycles.